The molecule has 28 heavy (non-hydrogen) atoms. The van der Waals surface area contributed by atoms with E-state index in [1.807, 2.05) is 6.07 Å². The number of carbonyl (C=O) groups excluding carboxylic acids is 2. The molecule has 2 saturated heterocycles. The minimum Gasteiger partial charge on any atom is -0.369 e. The fourth-order valence-corrected chi connectivity index (χ4v) is 3.36. The number of nitrogens with zero attached hydrogens (tertiary/aromatic N) is 3. The van der Waals surface area contributed by atoms with Crippen LogP contribution in [0.3, 0.4) is 0 Å². The van der Waals surface area contributed by atoms with Crippen molar-refractivity contribution in [2.75, 3.05) is 44.7 Å². The largest absolute Gasteiger partial charge is 0.369 e. The molecule has 0 bridgehead atoms. The number of carbonyl (C=O) groups is 2. The Labute approximate surface area is 180 Å². The summed E-state index contributed by atoms with van der Waals surface area (Å²) in [5.74, 6) is 0.163. The maximum absolute atomic E-state index is 13.5. The summed E-state index contributed by atoms with van der Waals surface area (Å²) in [5, 5.41) is 9.00. The van der Waals surface area contributed by atoms with E-state index >= 15 is 0 Å². The van der Waals surface area contributed by atoms with Crippen LogP contribution in [0.5, 0.6) is 0 Å². The first-order valence-corrected chi connectivity index (χ1v) is 9.12. The average molecular weight is 504 g/mol. The highest BCUT2D eigenvalue weighted by molar-refractivity contribution is 14.0. The zero-order valence-electron chi connectivity index (χ0n) is 15.8. The van der Waals surface area contributed by atoms with Crippen LogP contribution in [0.4, 0.5) is 14.9 Å². The Bertz CT molecular complexity index is 716. The summed E-state index contributed by atoms with van der Waals surface area (Å²) in [4.78, 5) is 30.7. The van der Waals surface area contributed by atoms with Crippen molar-refractivity contribution in [3.05, 3.63) is 30.1 Å². The molecule has 0 saturated carbocycles. The average Bonchev–Trinajstić information content (AvgIpc) is 2.99. The van der Waals surface area contributed by atoms with E-state index in [0.717, 1.165) is 31.6 Å². The molecule has 0 aromatic heterocycles. The first-order chi connectivity index (χ1) is 13.1. The Hall–Kier alpha value is -2.11. The van der Waals surface area contributed by atoms with E-state index in [4.69, 9.17) is 0 Å². The molecular weight excluding hydrogens is 478 g/mol. The van der Waals surface area contributed by atoms with Crippen molar-refractivity contribution in [1.82, 2.24) is 20.9 Å². The molecule has 0 radical (unpaired) electrons. The van der Waals surface area contributed by atoms with E-state index < -0.39 is 0 Å². The minimum absolute atomic E-state index is 0. The van der Waals surface area contributed by atoms with Crippen LogP contribution in [-0.2, 0) is 4.79 Å². The maximum Gasteiger partial charge on any atom is 0.324 e. The Kier molecular flexibility index (Phi) is 8.27. The number of hydrogen-bond acceptors (Lipinski definition) is 4. The van der Waals surface area contributed by atoms with Crippen LogP contribution < -0.4 is 20.9 Å². The number of imide groups is 1. The van der Waals surface area contributed by atoms with Gasteiger partial charge in [-0.1, -0.05) is 6.07 Å². The summed E-state index contributed by atoms with van der Waals surface area (Å²) in [6.45, 7) is 2.39. The van der Waals surface area contributed by atoms with E-state index in [1.165, 1.54) is 11.0 Å². The second kappa shape index (κ2) is 10.4. The van der Waals surface area contributed by atoms with Crippen molar-refractivity contribution in [2.45, 2.75) is 18.9 Å². The van der Waals surface area contributed by atoms with Crippen molar-refractivity contribution < 1.29 is 14.0 Å². The molecule has 2 heterocycles. The number of hydrogen-bond donors (Lipinski definition) is 3. The lowest BCUT2D eigenvalue weighted by Gasteiger charge is -2.35. The highest BCUT2D eigenvalue weighted by atomic mass is 127. The molecule has 8 nitrogen and oxygen atoms in total. The lowest BCUT2D eigenvalue weighted by atomic mass is 10.0. The topological polar surface area (TPSA) is 89.1 Å². The number of nitrogens with one attached hydrogen (secondary N) is 3. The standard InChI is InChI=1S/C18H25FN6O2.HI/c1-20-17(21-7-9-25-16(26)11-22-18(25)27)23-14-5-3-8-24(12-14)15-6-2-4-13(19)10-15;/h2,4,6,10,14H,3,5,7-9,11-12H2,1H3,(H,22,27)(H2,20,21,23);1H. The third kappa shape index (κ3) is 5.69. The molecule has 1 unspecified atom stereocenters. The van der Waals surface area contributed by atoms with Gasteiger partial charge in [0.2, 0.25) is 5.91 Å². The van der Waals surface area contributed by atoms with Gasteiger partial charge in [0.1, 0.15) is 5.82 Å². The fraction of sp³-hybridized carbons (Fsp3) is 0.500. The summed E-state index contributed by atoms with van der Waals surface area (Å²) in [5.41, 5.74) is 0.878. The molecule has 0 aliphatic carbocycles. The van der Waals surface area contributed by atoms with Gasteiger partial charge in [0.05, 0.1) is 6.54 Å². The van der Waals surface area contributed by atoms with Crippen LogP contribution in [0.15, 0.2) is 29.3 Å². The lowest BCUT2D eigenvalue weighted by molar-refractivity contribution is -0.124. The molecule has 3 N–H and O–H groups in total. The summed E-state index contributed by atoms with van der Waals surface area (Å²) in [6, 6.07) is 6.44. The number of benzene rings is 1. The molecule has 1 aromatic carbocycles. The van der Waals surface area contributed by atoms with Crippen molar-refractivity contribution in [3.8, 4) is 0 Å². The van der Waals surface area contributed by atoms with Crippen molar-refractivity contribution >= 4 is 47.6 Å². The van der Waals surface area contributed by atoms with Crippen LogP contribution in [0.25, 0.3) is 0 Å². The van der Waals surface area contributed by atoms with Gasteiger partial charge in [-0.3, -0.25) is 14.7 Å². The van der Waals surface area contributed by atoms with Crippen LogP contribution in [0.2, 0.25) is 0 Å². The third-order valence-corrected chi connectivity index (χ3v) is 4.72. The highest BCUT2D eigenvalue weighted by Gasteiger charge is 2.28. The summed E-state index contributed by atoms with van der Waals surface area (Å²) in [6.07, 6.45) is 1.98. The quantitative estimate of drug-likeness (QED) is 0.242. The van der Waals surface area contributed by atoms with Gasteiger partial charge in [0, 0.05) is 45.0 Å². The molecule has 2 fully saturated rings. The molecule has 2 aliphatic rings. The second-order valence-corrected chi connectivity index (χ2v) is 6.61. The first kappa shape index (κ1) is 22.2. The predicted octanol–water partition coefficient (Wildman–Crippen LogP) is 1.13. The Morgan fingerprint density at radius 1 is 1.39 bits per heavy atom. The molecule has 0 spiro atoms. The zero-order chi connectivity index (χ0) is 19.2. The number of halogens is 2. The van der Waals surface area contributed by atoms with Crippen LogP contribution in [0, 0.1) is 5.82 Å². The predicted molar refractivity (Wildman–Crippen MR) is 117 cm³/mol. The lowest BCUT2D eigenvalue weighted by Crippen LogP contribution is -2.52. The Balaban J connectivity index is 0.00000280. The zero-order valence-corrected chi connectivity index (χ0v) is 18.1. The summed E-state index contributed by atoms with van der Waals surface area (Å²) < 4.78 is 13.5. The minimum atomic E-state index is -0.359. The van der Waals surface area contributed by atoms with Gasteiger partial charge in [-0.25, -0.2) is 9.18 Å². The van der Waals surface area contributed by atoms with Gasteiger partial charge in [0.25, 0.3) is 0 Å². The summed E-state index contributed by atoms with van der Waals surface area (Å²) in [7, 11) is 1.68. The monoisotopic (exact) mass is 504 g/mol. The summed E-state index contributed by atoms with van der Waals surface area (Å²) >= 11 is 0. The van der Waals surface area contributed by atoms with Gasteiger partial charge < -0.3 is 20.9 Å². The SMILES string of the molecule is CN=C(NCCN1C(=O)CNC1=O)NC1CCCN(c2cccc(F)c2)C1.I. The Morgan fingerprint density at radius 3 is 2.89 bits per heavy atom. The molecule has 3 rings (SSSR count). The van der Waals surface area contributed by atoms with Crippen molar-refractivity contribution in [2.24, 2.45) is 4.99 Å². The molecule has 10 heteroatoms. The normalized spacial score (nSPS) is 19.9. The first-order valence-electron chi connectivity index (χ1n) is 9.12. The molecule has 1 atom stereocenters. The number of anilines is 1. The highest BCUT2D eigenvalue weighted by Crippen LogP contribution is 2.20. The molecule has 154 valence electrons. The molecule has 3 amide bonds. The van der Waals surface area contributed by atoms with Gasteiger partial charge >= 0.3 is 6.03 Å². The maximum atomic E-state index is 13.5. The van der Waals surface area contributed by atoms with E-state index in [1.54, 1.807) is 19.2 Å². The van der Waals surface area contributed by atoms with Crippen LogP contribution in [0.1, 0.15) is 12.8 Å². The molecular formula is C18H26FIN6O2. The molecule has 1 aromatic rings. The third-order valence-electron chi connectivity index (χ3n) is 4.72. The van der Waals surface area contributed by atoms with Gasteiger partial charge in [-0.05, 0) is 31.0 Å². The van der Waals surface area contributed by atoms with Crippen LogP contribution >= 0.6 is 24.0 Å². The smallest absolute Gasteiger partial charge is 0.324 e. The van der Waals surface area contributed by atoms with Crippen molar-refractivity contribution in [1.29, 1.82) is 0 Å². The van der Waals surface area contributed by atoms with E-state index in [9.17, 15) is 14.0 Å². The van der Waals surface area contributed by atoms with Crippen molar-refractivity contribution in [3.63, 3.8) is 0 Å². The number of amides is 3. The van der Waals surface area contributed by atoms with Gasteiger partial charge in [-0.2, -0.15) is 0 Å². The number of urea groups is 1. The number of rotatable bonds is 5. The van der Waals surface area contributed by atoms with E-state index in [2.05, 4.69) is 25.8 Å². The van der Waals surface area contributed by atoms with E-state index in [0.29, 0.717) is 12.5 Å². The number of piperidine rings is 1. The second-order valence-electron chi connectivity index (χ2n) is 6.61. The number of guanidine groups is 1. The Morgan fingerprint density at radius 2 is 2.21 bits per heavy atom. The number of aliphatic imine (C=N–C) groups is 1. The van der Waals surface area contributed by atoms with Gasteiger partial charge in [0.15, 0.2) is 5.96 Å². The van der Waals surface area contributed by atoms with Crippen LogP contribution in [-0.4, -0.2) is 68.6 Å². The van der Waals surface area contributed by atoms with E-state index in [-0.39, 0.29) is 60.9 Å². The molecule has 2 aliphatic heterocycles. The van der Waals surface area contributed by atoms with Gasteiger partial charge in [-0.15, -0.1) is 24.0 Å². The fourth-order valence-electron chi connectivity index (χ4n) is 3.36.